The number of halogens is 1. The lowest BCUT2D eigenvalue weighted by molar-refractivity contribution is 0.280. The molecule has 0 bridgehead atoms. The van der Waals surface area contributed by atoms with Crippen molar-refractivity contribution in [1.29, 1.82) is 5.26 Å². The fourth-order valence-electron chi connectivity index (χ4n) is 1.96. The number of aromatic nitrogens is 1. The van der Waals surface area contributed by atoms with E-state index in [0.717, 1.165) is 5.56 Å². The van der Waals surface area contributed by atoms with Crippen LogP contribution in [0.2, 0.25) is 5.15 Å². The number of benzene rings is 1. The molecule has 1 aromatic carbocycles. The summed E-state index contributed by atoms with van der Waals surface area (Å²) >= 11 is 5.87. The molecule has 0 amide bonds. The Morgan fingerprint density at radius 1 is 1.35 bits per heavy atom. The van der Waals surface area contributed by atoms with E-state index in [1.807, 2.05) is 30.3 Å². The number of nitrogens with zero attached hydrogens (tertiary/aromatic N) is 2. The van der Waals surface area contributed by atoms with E-state index < -0.39 is 0 Å². The summed E-state index contributed by atoms with van der Waals surface area (Å²) in [6.45, 7) is 0.0489. The van der Waals surface area contributed by atoms with Crippen molar-refractivity contribution in [3.8, 4) is 6.07 Å². The predicted molar refractivity (Wildman–Crippen MR) is 78.5 cm³/mol. The van der Waals surface area contributed by atoms with Gasteiger partial charge in [-0.05, 0) is 18.1 Å². The van der Waals surface area contributed by atoms with Crippen LogP contribution in [-0.2, 0) is 0 Å². The standard InChI is InChI=1S/C15H14ClN3O/c16-15-8-14(12(9-17)10-18-15)19-13(6-7-20)11-4-2-1-3-5-11/h1-5,8,10,13,20H,6-7H2,(H,18,19). The maximum absolute atomic E-state index is 9.21. The van der Waals surface area contributed by atoms with Gasteiger partial charge in [0.25, 0.3) is 0 Å². The van der Waals surface area contributed by atoms with E-state index in [2.05, 4.69) is 16.4 Å². The molecule has 4 nitrogen and oxygen atoms in total. The van der Waals surface area contributed by atoms with Crippen LogP contribution in [0.4, 0.5) is 5.69 Å². The number of rotatable bonds is 5. The van der Waals surface area contributed by atoms with Gasteiger partial charge in [-0.15, -0.1) is 0 Å². The first-order valence-electron chi connectivity index (χ1n) is 6.22. The second-order valence-electron chi connectivity index (χ2n) is 4.28. The van der Waals surface area contributed by atoms with E-state index in [-0.39, 0.29) is 12.6 Å². The average Bonchev–Trinajstić information content (AvgIpc) is 2.48. The second-order valence-corrected chi connectivity index (χ2v) is 4.67. The molecule has 20 heavy (non-hydrogen) atoms. The fourth-order valence-corrected chi connectivity index (χ4v) is 2.12. The normalized spacial score (nSPS) is 11.7. The largest absolute Gasteiger partial charge is 0.396 e. The highest BCUT2D eigenvalue weighted by atomic mass is 35.5. The number of aliphatic hydroxyl groups excluding tert-OH is 1. The van der Waals surface area contributed by atoms with E-state index in [1.165, 1.54) is 6.20 Å². The Morgan fingerprint density at radius 3 is 2.75 bits per heavy atom. The van der Waals surface area contributed by atoms with Crippen LogP contribution in [0.1, 0.15) is 23.6 Å². The van der Waals surface area contributed by atoms with Gasteiger partial charge in [0, 0.05) is 12.8 Å². The quantitative estimate of drug-likeness (QED) is 0.829. The minimum atomic E-state index is -0.0910. The van der Waals surface area contributed by atoms with Gasteiger partial charge in [0.2, 0.25) is 0 Å². The molecule has 1 unspecified atom stereocenters. The summed E-state index contributed by atoms with van der Waals surface area (Å²) in [6, 6.07) is 13.4. The molecule has 0 aliphatic carbocycles. The molecule has 0 saturated carbocycles. The minimum Gasteiger partial charge on any atom is -0.396 e. The van der Waals surface area contributed by atoms with Crippen molar-refractivity contribution in [2.45, 2.75) is 12.5 Å². The third kappa shape index (κ3) is 3.47. The Kier molecular flexibility index (Phi) is 4.94. The van der Waals surface area contributed by atoms with E-state index in [9.17, 15) is 5.11 Å². The summed E-state index contributed by atoms with van der Waals surface area (Å²) in [5, 5.41) is 21.9. The van der Waals surface area contributed by atoms with Crippen molar-refractivity contribution in [3.05, 3.63) is 58.9 Å². The fraction of sp³-hybridized carbons (Fsp3) is 0.200. The molecular formula is C15H14ClN3O. The van der Waals surface area contributed by atoms with Crippen LogP contribution in [0.5, 0.6) is 0 Å². The van der Waals surface area contributed by atoms with Gasteiger partial charge in [-0.3, -0.25) is 0 Å². The Bertz CT molecular complexity index is 610. The van der Waals surface area contributed by atoms with Crippen LogP contribution in [0, 0.1) is 11.3 Å². The van der Waals surface area contributed by atoms with Gasteiger partial charge < -0.3 is 10.4 Å². The number of anilines is 1. The Morgan fingerprint density at radius 2 is 2.10 bits per heavy atom. The third-order valence-corrected chi connectivity index (χ3v) is 3.15. The number of pyridine rings is 1. The van der Waals surface area contributed by atoms with Gasteiger partial charge in [0.15, 0.2) is 0 Å². The highest BCUT2D eigenvalue weighted by Gasteiger charge is 2.13. The smallest absolute Gasteiger partial charge is 0.131 e. The van der Waals surface area contributed by atoms with Crippen molar-refractivity contribution in [1.82, 2.24) is 4.98 Å². The summed E-state index contributed by atoms with van der Waals surface area (Å²) in [6.07, 6.45) is 1.97. The molecule has 0 spiro atoms. The maximum atomic E-state index is 9.21. The van der Waals surface area contributed by atoms with Crippen molar-refractivity contribution in [2.75, 3.05) is 11.9 Å². The van der Waals surface area contributed by atoms with Crippen LogP contribution in [-0.4, -0.2) is 16.7 Å². The summed E-state index contributed by atoms with van der Waals surface area (Å²) in [5.74, 6) is 0. The molecule has 0 saturated heterocycles. The van der Waals surface area contributed by atoms with Crippen LogP contribution < -0.4 is 5.32 Å². The lowest BCUT2D eigenvalue weighted by Gasteiger charge is -2.20. The SMILES string of the molecule is N#Cc1cnc(Cl)cc1NC(CCO)c1ccccc1. The Balaban J connectivity index is 2.29. The molecule has 1 atom stereocenters. The Labute approximate surface area is 122 Å². The second kappa shape index (κ2) is 6.90. The van der Waals surface area contributed by atoms with Gasteiger partial charge in [-0.2, -0.15) is 5.26 Å². The summed E-state index contributed by atoms with van der Waals surface area (Å²) in [7, 11) is 0. The van der Waals surface area contributed by atoms with E-state index in [0.29, 0.717) is 22.8 Å². The highest BCUT2D eigenvalue weighted by molar-refractivity contribution is 6.29. The summed E-state index contributed by atoms with van der Waals surface area (Å²) in [4.78, 5) is 3.89. The molecule has 1 aromatic heterocycles. The van der Waals surface area contributed by atoms with E-state index >= 15 is 0 Å². The molecule has 0 fully saturated rings. The molecule has 2 aromatic rings. The van der Waals surface area contributed by atoms with Gasteiger partial charge in [0.05, 0.1) is 17.3 Å². The molecule has 0 aliphatic rings. The zero-order chi connectivity index (χ0) is 14.4. The topological polar surface area (TPSA) is 68.9 Å². The number of hydrogen-bond donors (Lipinski definition) is 2. The zero-order valence-electron chi connectivity index (χ0n) is 10.8. The summed E-state index contributed by atoms with van der Waals surface area (Å²) in [5.41, 5.74) is 2.08. The van der Waals surface area contributed by atoms with Gasteiger partial charge in [0.1, 0.15) is 11.2 Å². The van der Waals surface area contributed by atoms with Crippen LogP contribution >= 0.6 is 11.6 Å². The first-order chi connectivity index (χ1) is 9.74. The van der Waals surface area contributed by atoms with Crippen molar-refractivity contribution < 1.29 is 5.11 Å². The van der Waals surface area contributed by atoms with Crippen LogP contribution in [0.3, 0.4) is 0 Å². The Hall–Kier alpha value is -2.09. The number of aliphatic hydroxyl groups is 1. The number of hydrogen-bond acceptors (Lipinski definition) is 4. The van der Waals surface area contributed by atoms with Crippen molar-refractivity contribution >= 4 is 17.3 Å². The van der Waals surface area contributed by atoms with E-state index in [4.69, 9.17) is 16.9 Å². The molecule has 5 heteroatoms. The third-order valence-electron chi connectivity index (χ3n) is 2.94. The molecule has 2 rings (SSSR count). The van der Waals surface area contributed by atoms with Crippen molar-refractivity contribution in [2.24, 2.45) is 0 Å². The zero-order valence-corrected chi connectivity index (χ0v) is 11.5. The maximum Gasteiger partial charge on any atom is 0.131 e. The lowest BCUT2D eigenvalue weighted by Crippen LogP contribution is -2.13. The van der Waals surface area contributed by atoms with Crippen molar-refractivity contribution in [3.63, 3.8) is 0 Å². The van der Waals surface area contributed by atoms with E-state index in [1.54, 1.807) is 6.07 Å². The summed E-state index contributed by atoms with van der Waals surface area (Å²) < 4.78 is 0. The first kappa shape index (κ1) is 14.3. The molecule has 0 radical (unpaired) electrons. The number of nitriles is 1. The predicted octanol–water partition coefficient (Wildman–Crippen LogP) is 3.14. The van der Waals surface area contributed by atoms with Gasteiger partial charge in [-0.1, -0.05) is 41.9 Å². The molecule has 2 N–H and O–H groups in total. The van der Waals surface area contributed by atoms with Crippen LogP contribution in [0.25, 0.3) is 0 Å². The van der Waals surface area contributed by atoms with Gasteiger partial charge >= 0.3 is 0 Å². The monoisotopic (exact) mass is 287 g/mol. The van der Waals surface area contributed by atoms with Crippen LogP contribution in [0.15, 0.2) is 42.6 Å². The molecule has 1 heterocycles. The molecule has 102 valence electrons. The molecule has 0 aliphatic heterocycles. The minimum absolute atomic E-state index is 0.0489. The molecular weight excluding hydrogens is 274 g/mol. The first-order valence-corrected chi connectivity index (χ1v) is 6.60. The van der Waals surface area contributed by atoms with Gasteiger partial charge in [-0.25, -0.2) is 4.98 Å². The average molecular weight is 288 g/mol. The lowest BCUT2D eigenvalue weighted by atomic mass is 10.0. The highest BCUT2D eigenvalue weighted by Crippen LogP contribution is 2.26. The number of nitrogens with one attached hydrogen (secondary N) is 1.